The first-order valence-electron chi connectivity index (χ1n) is 7.82. The van der Waals surface area contributed by atoms with Crippen molar-refractivity contribution >= 4 is 16.1 Å². The van der Waals surface area contributed by atoms with Crippen molar-refractivity contribution in [2.75, 3.05) is 26.3 Å². The van der Waals surface area contributed by atoms with Crippen LogP contribution in [0.5, 0.6) is 0 Å². The van der Waals surface area contributed by atoms with Crippen LogP contribution >= 0.6 is 0 Å². The van der Waals surface area contributed by atoms with Crippen molar-refractivity contribution in [2.45, 2.75) is 37.8 Å². The minimum absolute atomic E-state index is 0.241. The molecule has 24 heavy (non-hydrogen) atoms. The largest absolute Gasteiger partial charge is 0.444 e. The molecule has 8 heteroatoms. The topological polar surface area (TPSA) is 84.9 Å². The lowest BCUT2D eigenvalue weighted by atomic mass is 10.2. The monoisotopic (exact) mass is 356 g/mol. The summed E-state index contributed by atoms with van der Waals surface area (Å²) in [6.07, 6.45) is -0.507. The smallest absolute Gasteiger partial charge is 0.407 e. The minimum Gasteiger partial charge on any atom is -0.444 e. The Morgan fingerprint density at radius 3 is 2.33 bits per heavy atom. The Morgan fingerprint density at radius 1 is 1.21 bits per heavy atom. The maximum atomic E-state index is 12.5. The number of hydrogen-bond donors (Lipinski definition) is 1. The third kappa shape index (κ3) is 5.19. The summed E-state index contributed by atoms with van der Waals surface area (Å²) >= 11 is 0. The fraction of sp³-hybridized carbons (Fsp3) is 0.562. The van der Waals surface area contributed by atoms with Gasteiger partial charge in [-0.05, 0) is 38.5 Å². The van der Waals surface area contributed by atoms with Gasteiger partial charge in [0.05, 0.1) is 18.1 Å². The number of nitrogens with zero attached hydrogens (tertiary/aromatic N) is 1. The van der Waals surface area contributed by atoms with E-state index in [9.17, 15) is 13.2 Å². The number of benzene rings is 1. The molecule has 2 rings (SSSR count). The Hall–Kier alpha value is -1.64. The average Bonchev–Trinajstić information content (AvgIpc) is 2.52. The molecule has 1 heterocycles. The summed E-state index contributed by atoms with van der Waals surface area (Å²) in [5, 5.41) is 2.64. The summed E-state index contributed by atoms with van der Waals surface area (Å²) in [5.74, 6) is 0. The zero-order valence-electron chi connectivity index (χ0n) is 14.2. The van der Waals surface area contributed by atoms with Crippen molar-refractivity contribution in [3.8, 4) is 0 Å². The Kier molecular flexibility index (Phi) is 5.84. The Morgan fingerprint density at radius 2 is 1.79 bits per heavy atom. The third-order valence-electron chi connectivity index (χ3n) is 3.37. The summed E-state index contributed by atoms with van der Waals surface area (Å²) in [6.45, 7) is 7.20. The van der Waals surface area contributed by atoms with Gasteiger partial charge in [0.15, 0.2) is 0 Å². The molecule has 1 amide bonds. The summed E-state index contributed by atoms with van der Waals surface area (Å²) in [5.41, 5.74) is 0.238. The molecule has 1 aliphatic rings. The molecule has 0 saturated carbocycles. The van der Waals surface area contributed by atoms with Gasteiger partial charge in [-0.15, -0.1) is 0 Å². The molecule has 1 N–H and O–H groups in total. The molecule has 1 aromatic rings. The van der Waals surface area contributed by atoms with Gasteiger partial charge < -0.3 is 14.8 Å². The van der Waals surface area contributed by atoms with E-state index < -0.39 is 21.7 Å². The van der Waals surface area contributed by atoms with Crippen LogP contribution in [0.3, 0.4) is 0 Å². The molecular weight excluding hydrogens is 332 g/mol. The lowest BCUT2D eigenvalue weighted by molar-refractivity contribution is 0.0523. The molecule has 0 aromatic heterocycles. The highest BCUT2D eigenvalue weighted by atomic mass is 32.2. The third-order valence-corrected chi connectivity index (χ3v) is 5.28. The number of carbonyl (C=O) groups is 1. The van der Waals surface area contributed by atoms with Gasteiger partial charge in [0.25, 0.3) is 0 Å². The average molecular weight is 356 g/mol. The molecule has 0 spiro atoms. The summed E-state index contributed by atoms with van der Waals surface area (Å²) < 4.78 is 36.8. The molecule has 0 radical (unpaired) electrons. The molecule has 7 nitrogen and oxygen atoms in total. The second kappa shape index (κ2) is 7.50. The van der Waals surface area contributed by atoms with Gasteiger partial charge in [-0.1, -0.05) is 12.1 Å². The van der Waals surface area contributed by atoms with Crippen LogP contribution in [0.4, 0.5) is 4.79 Å². The summed E-state index contributed by atoms with van der Waals surface area (Å²) in [6, 6.07) is 6.48. The second-order valence-corrected chi connectivity index (χ2v) is 8.45. The van der Waals surface area contributed by atoms with E-state index in [0.29, 0.717) is 26.3 Å². The van der Waals surface area contributed by atoms with E-state index in [2.05, 4.69) is 5.32 Å². The van der Waals surface area contributed by atoms with E-state index in [4.69, 9.17) is 9.47 Å². The van der Waals surface area contributed by atoms with Crippen molar-refractivity contribution in [3.63, 3.8) is 0 Å². The van der Waals surface area contributed by atoms with Crippen LogP contribution in [0.25, 0.3) is 0 Å². The number of hydrogen-bond acceptors (Lipinski definition) is 5. The number of rotatable bonds is 4. The fourth-order valence-electron chi connectivity index (χ4n) is 2.20. The van der Waals surface area contributed by atoms with Gasteiger partial charge in [-0.3, -0.25) is 0 Å². The van der Waals surface area contributed by atoms with Crippen molar-refractivity contribution in [2.24, 2.45) is 0 Å². The lowest BCUT2D eigenvalue weighted by Gasteiger charge is -2.26. The van der Waals surface area contributed by atoms with E-state index in [1.165, 1.54) is 4.31 Å². The zero-order valence-corrected chi connectivity index (χ0v) is 15.1. The molecule has 1 fully saturated rings. The SMILES string of the molecule is CC(C)(C)OC(=O)NCc1ccc(S(=O)(=O)N2CCOCC2)cc1. The normalized spacial score (nSPS) is 16.6. The van der Waals surface area contributed by atoms with E-state index in [0.717, 1.165) is 5.56 Å². The number of sulfonamides is 1. The van der Waals surface area contributed by atoms with Crippen LogP contribution in [0.2, 0.25) is 0 Å². The quantitative estimate of drug-likeness (QED) is 0.888. The molecule has 1 aliphatic heterocycles. The first kappa shape index (κ1) is 18.7. The molecule has 0 atom stereocenters. The second-order valence-electron chi connectivity index (χ2n) is 6.52. The molecule has 0 unspecified atom stereocenters. The Labute approximate surface area is 143 Å². The van der Waals surface area contributed by atoms with Crippen molar-refractivity contribution in [1.82, 2.24) is 9.62 Å². The molecule has 1 aromatic carbocycles. The van der Waals surface area contributed by atoms with E-state index in [1.54, 1.807) is 45.0 Å². The van der Waals surface area contributed by atoms with Gasteiger partial charge in [0.2, 0.25) is 10.0 Å². The van der Waals surface area contributed by atoms with Gasteiger partial charge in [0, 0.05) is 19.6 Å². The van der Waals surface area contributed by atoms with E-state index in [1.807, 2.05) is 0 Å². The number of alkyl carbamates (subject to hydrolysis) is 1. The summed E-state index contributed by atoms with van der Waals surface area (Å²) in [4.78, 5) is 11.9. The zero-order chi connectivity index (χ0) is 17.8. The van der Waals surface area contributed by atoms with Crippen LogP contribution in [-0.2, 0) is 26.0 Å². The van der Waals surface area contributed by atoms with Gasteiger partial charge in [-0.25, -0.2) is 13.2 Å². The number of nitrogens with one attached hydrogen (secondary N) is 1. The molecule has 0 bridgehead atoms. The number of morpholine rings is 1. The molecular formula is C16H24N2O5S. The van der Waals surface area contributed by atoms with Gasteiger partial charge >= 0.3 is 6.09 Å². The standard InChI is InChI=1S/C16H24N2O5S/c1-16(2,3)23-15(19)17-12-13-4-6-14(7-5-13)24(20,21)18-8-10-22-11-9-18/h4-7H,8-12H2,1-3H3,(H,17,19). The maximum absolute atomic E-state index is 12.5. The van der Waals surface area contributed by atoms with Gasteiger partial charge in [0.1, 0.15) is 5.60 Å². The van der Waals surface area contributed by atoms with Crippen LogP contribution in [0, 0.1) is 0 Å². The summed E-state index contributed by atoms with van der Waals surface area (Å²) in [7, 11) is -3.49. The highest BCUT2D eigenvalue weighted by Gasteiger charge is 2.26. The van der Waals surface area contributed by atoms with Crippen molar-refractivity contribution < 1.29 is 22.7 Å². The molecule has 134 valence electrons. The van der Waals surface area contributed by atoms with Gasteiger partial charge in [-0.2, -0.15) is 4.31 Å². The highest BCUT2D eigenvalue weighted by Crippen LogP contribution is 2.17. The van der Waals surface area contributed by atoms with Crippen molar-refractivity contribution in [1.29, 1.82) is 0 Å². The molecule has 0 aliphatic carbocycles. The van der Waals surface area contributed by atoms with Crippen LogP contribution in [-0.4, -0.2) is 50.7 Å². The predicted octanol–water partition coefficient (Wildman–Crippen LogP) is 1.73. The first-order chi connectivity index (χ1) is 11.2. The number of carbonyl (C=O) groups excluding carboxylic acids is 1. The van der Waals surface area contributed by atoms with Crippen molar-refractivity contribution in [3.05, 3.63) is 29.8 Å². The van der Waals surface area contributed by atoms with Crippen LogP contribution < -0.4 is 5.32 Å². The minimum atomic E-state index is -3.49. The fourth-order valence-corrected chi connectivity index (χ4v) is 3.61. The lowest BCUT2D eigenvalue weighted by Crippen LogP contribution is -2.40. The number of amides is 1. The molecule has 1 saturated heterocycles. The Bertz CT molecular complexity index is 659. The van der Waals surface area contributed by atoms with Crippen LogP contribution in [0.15, 0.2) is 29.2 Å². The van der Waals surface area contributed by atoms with E-state index >= 15 is 0 Å². The Balaban J connectivity index is 1.96. The highest BCUT2D eigenvalue weighted by molar-refractivity contribution is 7.89. The van der Waals surface area contributed by atoms with E-state index in [-0.39, 0.29) is 11.4 Å². The number of ether oxygens (including phenoxy) is 2. The first-order valence-corrected chi connectivity index (χ1v) is 9.26. The maximum Gasteiger partial charge on any atom is 0.407 e. The predicted molar refractivity (Wildman–Crippen MR) is 89.1 cm³/mol. The van der Waals surface area contributed by atoms with Crippen LogP contribution in [0.1, 0.15) is 26.3 Å².